The van der Waals surface area contributed by atoms with Gasteiger partial charge in [-0.05, 0) is 44.7 Å². The first-order valence-electron chi connectivity index (χ1n) is 6.98. The molecule has 6 heteroatoms. The predicted octanol–water partition coefficient (Wildman–Crippen LogP) is 2.53. The molecule has 0 spiro atoms. The molecule has 2 rings (SSSR count). The van der Waals surface area contributed by atoms with Crippen LogP contribution in [0.25, 0.3) is 0 Å². The zero-order valence-corrected chi connectivity index (χ0v) is 13.9. The zero-order chi connectivity index (χ0) is 16.5. The van der Waals surface area contributed by atoms with Crippen molar-refractivity contribution in [2.75, 3.05) is 6.54 Å². The number of carbonyl (C=O) groups is 2. The van der Waals surface area contributed by atoms with Gasteiger partial charge in [-0.25, -0.2) is 0 Å². The van der Waals surface area contributed by atoms with Crippen molar-refractivity contribution < 1.29 is 14.7 Å². The number of aliphatic hydroxyl groups is 1. The smallest absolute Gasteiger partial charge is 0.268 e. The van der Waals surface area contributed by atoms with Gasteiger partial charge in [-0.3, -0.25) is 9.59 Å². The zero-order valence-electron chi connectivity index (χ0n) is 13.1. The van der Waals surface area contributed by atoms with Crippen LogP contribution in [0, 0.1) is 13.8 Å². The molecule has 118 valence electrons. The van der Waals surface area contributed by atoms with Crippen LogP contribution in [0.4, 0.5) is 0 Å². The fourth-order valence-electron chi connectivity index (χ4n) is 2.52. The minimum atomic E-state index is -1.12. The number of ketones is 1. The van der Waals surface area contributed by atoms with E-state index in [4.69, 9.17) is 0 Å². The molecule has 22 heavy (non-hydrogen) atoms. The third-order valence-corrected chi connectivity index (χ3v) is 4.78. The van der Waals surface area contributed by atoms with Gasteiger partial charge in [-0.15, -0.1) is 11.3 Å². The van der Waals surface area contributed by atoms with Crippen molar-refractivity contribution in [1.82, 2.24) is 10.3 Å². The second-order valence-electron chi connectivity index (χ2n) is 5.62. The summed E-state index contributed by atoms with van der Waals surface area (Å²) in [6.07, 6.45) is 0. The molecule has 5 nitrogen and oxygen atoms in total. The van der Waals surface area contributed by atoms with Gasteiger partial charge in [-0.1, -0.05) is 6.07 Å². The average molecular weight is 320 g/mol. The average Bonchev–Trinajstić information content (AvgIpc) is 3.04. The standard InChI is InChI=1S/C16H20N2O3S/c1-9-13(11(3)19)10(2)18-14(9)15(20)17-8-16(4,21)12-6-5-7-22-12/h5-7,18,21H,8H2,1-4H3,(H,17,20). The van der Waals surface area contributed by atoms with Crippen molar-refractivity contribution >= 4 is 23.0 Å². The van der Waals surface area contributed by atoms with E-state index >= 15 is 0 Å². The number of nitrogens with one attached hydrogen (secondary N) is 2. The normalized spacial score (nSPS) is 13.7. The van der Waals surface area contributed by atoms with Gasteiger partial charge in [0.1, 0.15) is 11.3 Å². The largest absolute Gasteiger partial charge is 0.383 e. The lowest BCUT2D eigenvalue weighted by Crippen LogP contribution is -2.38. The van der Waals surface area contributed by atoms with E-state index in [-0.39, 0.29) is 18.2 Å². The summed E-state index contributed by atoms with van der Waals surface area (Å²) in [4.78, 5) is 27.7. The van der Waals surface area contributed by atoms with Crippen molar-refractivity contribution in [1.29, 1.82) is 0 Å². The van der Waals surface area contributed by atoms with Gasteiger partial charge in [0.2, 0.25) is 0 Å². The van der Waals surface area contributed by atoms with E-state index in [0.29, 0.717) is 22.5 Å². The van der Waals surface area contributed by atoms with E-state index in [9.17, 15) is 14.7 Å². The van der Waals surface area contributed by atoms with Gasteiger partial charge < -0.3 is 15.4 Å². The number of aryl methyl sites for hydroxylation is 1. The maximum atomic E-state index is 12.3. The summed E-state index contributed by atoms with van der Waals surface area (Å²) in [5.74, 6) is -0.402. The molecule has 1 amide bonds. The highest BCUT2D eigenvalue weighted by atomic mass is 32.1. The lowest BCUT2D eigenvalue weighted by Gasteiger charge is -2.22. The molecule has 2 aromatic heterocycles. The molecule has 2 aromatic rings. The minimum absolute atomic E-state index is 0.0733. The monoisotopic (exact) mass is 320 g/mol. The summed E-state index contributed by atoms with van der Waals surface area (Å²) in [5.41, 5.74) is 1.11. The number of H-pyrrole nitrogens is 1. The quantitative estimate of drug-likeness (QED) is 0.740. The molecule has 1 unspecified atom stereocenters. The van der Waals surface area contributed by atoms with Gasteiger partial charge in [-0.2, -0.15) is 0 Å². The molecular formula is C16H20N2O3S. The highest BCUT2D eigenvalue weighted by Gasteiger charge is 2.26. The third kappa shape index (κ3) is 3.13. The van der Waals surface area contributed by atoms with Crippen LogP contribution in [-0.2, 0) is 5.60 Å². The molecular weight excluding hydrogens is 300 g/mol. The van der Waals surface area contributed by atoms with Gasteiger partial charge in [0.25, 0.3) is 5.91 Å². The highest BCUT2D eigenvalue weighted by Crippen LogP contribution is 2.25. The maximum absolute atomic E-state index is 12.3. The summed E-state index contributed by atoms with van der Waals surface area (Å²) in [6.45, 7) is 6.74. The van der Waals surface area contributed by atoms with E-state index in [1.807, 2.05) is 17.5 Å². The van der Waals surface area contributed by atoms with Crippen LogP contribution in [0.2, 0.25) is 0 Å². The van der Waals surface area contributed by atoms with Crippen molar-refractivity contribution in [3.63, 3.8) is 0 Å². The van der Waals surface area contributed by atoms with Gasteiger partial charge >= 0.3 is 0 Å². The Labute approximate surface area is 133 Å². The van der Waals surface area contributed by atoms with Gasteiger partial charge in [0, 0.05) is 16.1 Å². The fraction of sp³-hybridized carbons (Fsp3) is 0.375. The Bertz CT molecular complexity index is 699. The Kier molecular flexibility index (Phi) is 4.53. The first-order valence-corrected chi connectivity index (χ1v) is 7.86. The number of hydrogen-bond acceptors (Lipinski definition) is 4. The summed E-state index contributed by atoms with van der Waals surface area (Å²) < 4.78 is 0. The van der Waals surface area contributed by atoms with Gasteiger partial charge in [0.15, 0.2) is 5.78 Å². The molecule has 0 aromatic carbocycles. The highest BCUT2D eigenvalue weighted by molar-refractivity contribution is 7.10. The van der Waals surface area contributed by atoms with Crippen molar-refractivity contribution in [2.24, 2.45) is 0 Å². The number of hydrogen-bond donors (Lipinski definition) is 3. The van der Waals surface area contributed by atoms with E-state index in [0.717, 1.165) is 4.88 Å². The Morgan fingerprint density at radius 2 is 2.09 bits per heavy atom. The molecule has 0 saturated carbocycles. The first-order chi connectivity index (χ1) is 10.2. The summed E-state index contributed by atoms with van der Waals surface area (Å²) >= 11 is 1.44. The van der Waals surface area contributed by atoms with Crippen LogP contribution < -0.4 is 5.32 Å². The Morgan fingerprint density at radius 1 is 1.41 bits per heavy atom. The van der Waals surface area contributed by atoms with Gasteiger partial charge in [0.05, 0.1) is 6.54 Å². The second kappa shape index (κ2) is 6.06. The Balaban J connectivity index is 2.14. The van der Waals surface area contributed by atoms with E-state index in [2.05, 4.69) is 10.3 Å². The molecule has 0 aliphatic carbocycles. The SMILES string of the molecule is CC(=O)c1c(C)[nH]c(C(=O)NCC(C)(O)c2cccs2)c1C. The maximum Gasteiger partial charge on any atom is 0.268 e. The van der Waals surface area contributed by atoms with Crippen molar-refractivity contribution in [3.8, 4) is 0 Å². The van der Waals surface area contributed by atoms with Crippen LogP contribution in [0.5, 0.6) is 0 Å². The lowest BCUT2D eigenvalue weighted by molar-refractivity contribution is 0.0555. The molecule has 0 fully saturated rings. The minimum Gasteiger partial charge on any atom is -0.383 e. The Hall–Kier alpha value is -1.92. The van der Waals surface area contributed by atoms with E-state index < -0.39 is 5.60 Å². The number of carbonyl (C=O) groups excluding carboxylic acids is 2. The van der Waals surface area contributed by atoms with E-state index in [1.54, 1.807) is 20.8 Å². The number of Topliss-reactive ketones (excluding diaryl/α,β-unsaturated/α-hetero) is 1. The predicted molar refractivity (Wildman–Crippen MR) is 86.5 cm³/mol. The molecule has 0 aliphatic rings. The molecule has 1 atom stereocenters. The molecule has 0 aliphatic heterocycles. The topological polar surface area (TPSA) is 82.2 Å². The summed E-state index contributed by atoms with van der Waals surface area (Å²) in [6, 6.07) is 3.68. The number of rotatable bonds is 5. The number of amides is 1. The van der Waals surface area contributed by atoms with Crippen LogP contribution in [0.1, 0.15) is 50.8 Å². The molecule has 0 radical (unpaired) electrons. The molecule has 0 saturated heterocycles. The third-order valence-electron chi connectivity index (χ3n) is 3.66. The molecule has 2 heterocycles. The van der Waals surface area contributed by atoms with Crippen LogP contribution in [0.3, 0.4) is 0 Å². The first kappa shape index (κ1) is 16.5. The number of aromatic nitrogens is 1. The fourth-order valence-corrected chi connectivity index (χ4v) is 3.31. The molecule has 0 bridgehead atoms. The number of thiophene rings is 1. The van der Waals surface area contributed by atoms with Crippen molar-refractivity contribution in [3.05, 3.63) is 44.9 Å². The number of aromatic amines is 1. The van der Waals surface area contributed by atoms with Crippen LogP contribution >= 0.6 is 11.3 Å². The molecule has 3 N–H and O–H groups in total. The second-order valence-corrected chi connectivity index (χ2v) is 6.56. The lowest BCUT2D eigenvalue weighted by atomic mass is 10.0. The summed E-state index contributed by atoms with van der Waals surface area (Å²) in [5, 5.41) is 15.0. The van der Waals surface area contributed by atoms with Crippen LogP contribution in [-0.4, -0.2) is 28.3 Å². The summed E-state index contributed by atoms with van der Waals surface area (Å²) in [7, 11) is 0. The van der Waals surface area contributed by atoms with Crippen LogP contribution in [0.15, 0.2) is 17.5 Å². The Morgan fingerprint density at radius 3 is 2.59 bits per heavy atom. The van der Waals surface area contributed by atoms with E-state index in [1.165, 1.54) is 18.3 Å². The van der Waals surface area contributed by atoms with Crippen molar-refractivity contribution in [2.45, 2.75) is 33.3 Å².